The zero-order chi connectivity index (χ0) is 20.4. The highest BCUT2D eigenvalue weighted by atomic mass is 35.5. The Hall–Kier alpha value is -3.64. The fourth-order valence-corrected chi connectivity index (χ4v) is 3.27. The summed E-state index contributed by atoms with van der Waals surface area (Å²) >= 11 is 6.05. The van der Waals surface area contributed by atoms with Crippen LogP contribution in [-0.4, -0.2) is 15.6 Å². The van der Waals surface area contributed by atoms with Crippen molar-refractivity contribution in [2.24, 2.45) is 0 Å². The fraction of sp³-hybridized carbons (Fsp3) is 0.0455. The van der Waals surface area contributed by atoms with Crippen molar-refractivity contribution >= 4 is 39.9 Å². The minimum absolute atomic E-state index is 0.134. The zero-order valence-electron chi connectivity index (χ0n) is 15.5. The number of para-hydroxylation sites is 2. The zero-order valence-corrected chi connectivity index (χ0v) is 16.3. The van der Waals surface area contributed by atoms with Crippen LogP contribution in [0.2, 0.25) is 5.02 Å². The summed E-state index contributed by atoms with van der Waals surface area (Å²) in [6.45, 7) is 1.79. The van der Waals surface area contributed by atoms with Gasteiger partial charge in [0.2, 0.25) is 0 Å². The van der Waals surface area contributed by atoms with E-state index in [0.29, 0.717) is 38.8 Å². The Morgan fingerprint density at radius 3 is 2.38 bits per heavy atom. The SMILES string of the molecule is Cc1nc2ccccc2c(=O)n1-c1ccc(NC(=O)Nc2ccccc2Cl)cc1. The summed E-state index contributed by atoms with van der Waals surface area (Å²) in [6.07, 6.45) is 0. The Morgan fingerprint density at radius 1 is 0.931 bits per heavy atom. The minimum atomic E-state index is -0.411. The molecule has 0 saturated heterocycles. The molecular weight excluding hydrogens is 388 g/mol. The predicted molar refractivity (Wildman–Crippen MR) is 116 cm³/mol. The summed E-state index contributed by atoms with van der Waals surface area (Å²) in [5.41, 5.74) is 2.30. The number of carbonyl (C=O) groups excluding carboxylic acids is 1. The predicted octanol–water partition coefficient (Wildman–Crippen LogP) is 4.99. The van der Waals surface area contributed by atoms with Crippen LogP contribution in [0.5, 0.6) is 0 Å². The van der Waals surface area contributed by atoms with Crippen molar-refractivity contribution in [3.63, 3.8) is 0 Å². The Bertz CT molecular complexity index is 1270. The van der Waals surface area contributed by atoms with Gasteiger partial charge in [-0.15, -0.1) is 0 Å². The number of aryl methyl sites for hydroxylation is 1. The first-order valence-corrected chi connectivity index (χ1v) is 9.32. The molecule has 6 nitrogen and oxygen atoms in total. The third-order valence-electron chi connectivity index (χ3n) is 4.45. The van der Waals surface area contributed by atoms with Gasteiger partial charge in [-0.2, -0.15) is 0 Å². The van der Waals surface area contributed by atoms with Crippen LogP contribution in [0.1, 0.15) is 5.82 Å². The van der Waals surface area contributed by atoms with Gasteiger partial charge in [0.25, 0.3) is 5.56 Å². The van der Waals surface area contributed by atoms with Crippen LogP contribution in [-0.2, 0) is 0 Å². The molecule has 1 heterocycles. The van der Waals surface area contributed by atoms with E-state index in [0.717, 1.165) is 0 Å². The summed E-state index contributed by atoms with van der Waals surface area (Å²) in [4.78, 5) is 29.6. The van der Waals surface area contributed by atoms with Crippen molar-refractivity contribution in [1.82, 2.24) is 9.55 Å². The van der Waals surface area contributed by atoms with Crippen LogP contribution in [0.3, 0.4) is 0 Å². The highest BCUT2D eigenvalue weighted by Crippen LogP contribution is 2.21. The molecule has 2 N–H and O–H groups in total. The van der Waals surface area contributed by atoms with E-state index in [4.69, 9.17) is 11.6 Å². The molecule has 0 aliphatic heterocycles. The van der Waals surface area contributed by atoms with Gasteiger partial charge in [0, 0.05) is 5.69 Å². The first-order valence-electron chi connectivity index (χ1n) is 8.94. The minimum Gasteiger partial charge on any atom is -0.308 e. The summed E-state index contributed by atoms with van der Waals surface area (Å²) in [7, 11) is 0. The van der Waals surface area contributed by atoms with Crippen LogP contribution in [0.15, 0.2) is 77.6 Å². The van der Waals surface area contributed by atoms with Gasteiger partial charge in [-0.1, -0.05) is 35.9 Å². The van der Waals surface area contributed by atoms with Gasteiger partial charge in [0.15, 0.2) is 0 Å². The largest absolute Gasteiger partial charge is 0.323 e. The molecular formula is C22H17ClN4O2. The van der Waals surface area contributed by atoms with E-state index in [1.54, 1.807) is 66.1 Å². The second-order valence-corrected chi connectivity index (χ2v) is 6.83. The number of carbonyl (C=O) groups is 1. The molecule has 0 atom stereocenters. The molecule has 7 heteroatoms. The highest BCUT2D eigenvalue weighted by Gasteiger charge is 2.10. The first-order chi connectivity index (χ1) is 14.0. The number of urea groups is 1. The molecule has 2 amide bonds. The van der Waals surface area contributed by atoms with E-state index in [2.05, 4.69) is 15.6 Å². The van der Waals surface area contributed by atoms with Gasteiger partial charge in [0.1, 0.15) is 5.82 Å². The Kier molecular flexibility index (Phi) is 5.01. The molecule has 0 bridgehead atoms. The number of nitrogens with zero attached hydrogens (tertiary/aromatic N) is 2. The molecule has 0 unspecified atom stereocenters. The Balaban J connectivity index is 1.57. The summed E-state index contributed by atoms with van der Waals surface area (Å²) in [5, 5.41) is 6.45. The molecule has 0 spiro atoms. The van der Waals surface area contributed by atoms with Gasteiger partial charge in [0.05, 0.1) is 27.3 Å². The molecule has 0 radical (unpaired) electrons. The van der Waals surface area contributed by atoms with E-state index in [-0.39, 0.29) is 5.56 Å². The number of anilines is 2. The average Bonchev–Trinajstić information content (AvgIpc) is 2.71. The quantitative estimate of drug-likeness (QED) is 0.505. The van der Waals surface area contributed by atoms with Crippen molar-refractivity contribution < 1.29 is 4.79 Å². The van der Waals surface area contributed by atoms with E-state index in [1.165, 1.54) is 0 Å². The smallest absolute Gasteiger partial charge is 0.308 e. The van der Waals surface area contributed by atoms with Gasteiger partial charge < -0.3 is 10.6 Å². The molecule has 4 aromatic rings. The van der Waals surface area contributed by atoms with Crippen LogP contribution < -0.4 is 16.2 Å². The second kappa shape index (κ2) is 7.77. The molecule has 0 aliphatic carbocycles. The number of benzene rings is 3. The van der Waals surface area contributed by atoms with Gasteiger partial charge in [-0.25, -0.2) is 9.78 Å². The van der Waals surface area contributed by atoms with E-state index in [9.17, 15) is 9.59 Å². The average molecular weight is 405 g/mol. The maximum absolute atomic E-state index is 12.9. The fourth-order valence-electron chi connectivity index (χ4n) is 3.09. The Morgan fingerprint density at radius 2 is 1.62 bits per heavy atom. The molecule has 29 heavy (non-hydrogen) atoms. The number of aromatic nitrogens is 2. The number of fused-ring (bicyclic) bond motifs is 1. The number of halogens is 1. The molecule has 0 fully saturated rings. The molecule has 4 rings (SSSR count). The van der Waals surface area contributed by atoms with Crippen molar-refractivity contribution in [1.29, 1.82) is 0 Å². The molecule has 3 aromatic carbocycles. The lowest BCUT2D eigenvalue weighted by atomic mass is 10.2. The summed E-state index contributed by atoms with van der Waals surface area (Å²) < 4.78 is 1.55. The van der Waals surface area contributed by atoms with Crippen LogP contribution in [0.25, 0.3) is 16.6 Å². The summed E-state index contributed by atoms with van der Waals surface area (Å²) in [5.74, 6) is 0.589. The lowest BCUT2D eigenvalue weighted by Gasteiger charge is -2.12. The maximum Gasteiger partial charge on any atom is 0.323 e. The number of rotatable bonds is 3. The van der Waals surface area contributed by atoms with Crippen molar-refractivity contribution in [2.45, 2.75) is 6.92 Å². The van der Waals surface area contributed by atoms with Crippen LogP contribution >= 0.6 is 11.6 Å². The summed E-state index contributed by atoms with van der Waals surface area (Å²) in [6, 6.07) is 20.8. The molecule has 144 valence electrons. The van der Waals surface area contributed by atoms with Crippen LogP contribution in [0, 0.1) is 6.92 Å². The van der Waals surface area contributed by atoms with Gasteiger partial charge in [-0.05, 0) is 55.5 Å². The lowest BCUT2D eigenvalue weighted by Crippen LogP contribution is -2.22. The standard InChI is InChI=1S/C22H17ClN4O2/c1-14-24-19-8-4-2-6-17(19)21(28)27(14)16-12-10-15(11-13-16)25-22(29)26-20-9-5-3-7-18(20)23/h2-13H,1H3,(H2,25,26,29). The third-order valence-corrected chi connectivity index (χ3v) is 4.78. The number of nitrogens with one attached hydrogen (secondary N) is 2. The van der Waals surface area contributed by atoms with E-state index < -0.39 is 6.03 Å². The topological polar surface area (TPSA) is 76.0 Å². The van der Waals surface area contributed by atoms with Crippen molar-refractivity contribution in [3.8, 4) is 5.69 Å². The van der Waals surface area contributed by atoms with E-state index >= 15 is 0 Å². The first kappa shape index (κ1) is 18.7. The number of hydrogen-bond donors (Lipinski definition) is 2. The monoisotopic (exact) mass is 404 g/mol. The van der Waals surface area contributed by atoms with E-state index in [1.807, 2.05) is 18.2 Å². The number of amides is 2. The van der Waals surface area contributed by atoms with Gasteiger partial charge >= 0.3 is 6.03 Å². The molecule has 0 aliphatic rings. The second-order valence-electron chi connectivity index (χ2n) is 6.42. The lowest BCUT2D eigenvalue weighted by molar-refractivity contribution is 0.262. The van der Waals surface area contributed by atoms with Crippen molar-refractivity contribution in [3.05, 3.63) is 94.0 Å². The molecule has 0 saturated carbocycles. The Labute approximate surface area is 171 Å². The third kappa shape index (κ3) is 3.83. The van der Waals surface area contributed by atoms with Crippen molar-refractivity contribution in [2.75, 3.05) is 10.6 Å². The van der Waals surface area contributed by atoms with Crippen LogP contribution in [0.4, 0.5) is 16.2 Å². The maximum atomic E-state index is 12.9. The molecule has 1 aromatic heterocycles. The normalized spacial score (nSPS) is 10.7. The highest BCUT2D eigenvalue weighted by molar-refractivity contribution is 6.33. The number of hydrogen-bond acceptors (Lipinski definition) is 3. The van der Waals surface area contributed by atoms with Gasteiger partial charge in [-0.3, -0.25) is 9.36 Å².